The second-order valence-corrected chi connectivity index (χ2v) is 34.8. The molecule has 9 aromatic rings. The Labute approximate surface area is 765 Å². The highest BCUT2D eigenvalue weighted by Gasteiger charge is 2.52. The number of amides is 2. The molecule has 2 amide bonds. The molecule has 3 aromatic heterocycles. The topological polar surface area (TPSA) is 353 Å². The molecular weight excluding hydrogens is 1730 g/mol. The molecule has 698 valence electrons. The predicted octanol–water partition coefficient (Wildman–Crippen LogP) is 10.9. The number of piperazine rings is 3. The van der Waals surface area contributed by atoms with Crippen LogP contribution < -0.4 is 50.2 Å². The van der Waals surface area contributed by atoms with Gasteiger partial charge >= 0.3 is 12.4 Å². The van der Waals surface area contributed by atoms with Crippen LogP contribution in [0.1, 0.15) is 43.4 Å². The normalized spacial score (nSPS) is 21.5. The Morgan fingerprint density at radius 2 is 0.774 bits per heavy atom. The van der Waals surface area contributed by atoms with Crippen molar-refractivity contribution in [3.8, 4) is 69.6 Å². The van der Waals surface area contributed by atoms with Gasteiger partial charge in [0.05, 0.1) is 74.5 Å². The third-order valence-corrected chi connectivity index (χ3v) is 25.7. The van der Waals surface area contributed by atoms with Crippen molar-refractivity contribution in [3.63, 3.8) is 0 Å². The largest absolute Gasteiger partial charge is 0.488 e. The summed E-state index contributed by atoms with van der Waals surface area (Å²) in [6.07, 6.45) is -9.07. The molecule has 0 aliphatic carbocycles. The number of nitrogens with zero attached hydrogens (tertiary/aromatic N) is 17. The van der Waals surface area contributed by atoms with Gasteiger partial charge in [0.15, 0.2) is 17.5 Å². The van der Waals surface area contributed by atoms with E-state index in [-0.39, 0.29) is 55.1 Å². The maximum Gasteiger partial charge on any atom is 0.397 e. The van der Waals surface area contributed by atoms with Gasteiger partial charge in [-0.2, -0.15) is 42.1 Å². The van der Waals surface area contributed by atoms with E-state index in [4.69, 9.17) is 38.6 Å². The van der Waals surface area contributed by atoms with E-state index in [9.17, 15) is 56.1 Å². The number of aromatic nitrogens is 6. The first-order valence-electron chi connectivity index (χ1n) is 44.5. The van der Waals surface area contributed by atoms with E-state index in [0.717, 1.165) is 156 Å². The van der Waals surface area contributed by atoms with E-state index in [1.165, 1.54) is 30.0 Å². The molecule has 0 saturated carbocycles. The highest BCUT2D eigenvalue weighted by molar-refractivity contribution is 5.78. The Balaban J connectivity index is 0.000000146. The fraction of sp³-hybridized carbons (Fsp3) is 0.442. The van der Waals surface area contributed by atoms with Gasteiger partial charge in [0.2, 0.25) is 11.8 Å². The van der Waals surface area contributed by atoms with Gasteiger partial charge in [0.1, 0.15) is 102 Å². The smallest absolute Gasteiger partial charge is 0.397 e. The maximum absolute atomic E-state index is 14.7. The number of aliphatic hydroxyl groups is 2. The van der Waals surface area contributed by atoms with E-state index in [1.807, 2.05) is 62.4 Å². The van der Waals surface area contributed by atoms with Crippen molar-refractivity contribution in [2.75, 3.05) is 201 Å². The number of halogens is 7. The van der Waals surface area contributed by atoms with Crippen LogP contribution in [0.25, 0.3) is 34.2 Å². The average Bonchev–Trinajstić information content (AvgIpc) is 0.834. The van der Waals surface area contributed by atoms with Crippen molar-refractivity contribution < 1.29 is 79.0 Å². The lowest BCUT2D eigenvalue weighted by Crippen LogP contribution is -2.56. The number of anilines is 9. The zero-order valence-corrected chi connectivity index (χ0v) is 73.5. The SMILES string of the molecule is CC1(C)CNC[C@@H](F)[C@H]1Oc1ccc(-c2nccc(Nc3ccc(N4CCN(C5COC5)CC4)cc3)n2)cc1C#N.N#Cc1cc(-c2nccc(Nc3ccc(N4CCN(C5COC5)CC4)cc3)n2)ccc1O[C@H]1CCN(C(=O)CO)C[C@@H]1C(F)(F)F.N#Cc1cc(-c2nccc(Nc3ccc(N4CCN(C5COC5)CC4)cc3)n2)ccc1O[C@H]1CCN(C(=O)CO)C[C@H]1C(F)(F)F. The molecule has 9 aliphatic rings. The first kappa shape index (κ1) is 93.5. The Hall–Kier alpha value is -12.7. The summed E-state index contributed by atoms with van der Waals surface area (Å²) in [5.74, 6) is -2.28. The van der Waals surface area contributed by atoms with Crippen LogP contribution in [-0.4, -0.2) is 302 Å². The van der Waals surface area contributed by atoms with E-state index in [0.29, 0.717) is 87.6 Å². The first-order chi connectivity index (χ1) is 64.3. The van der Waals surface area contributed by atoms with Crippen LogP contribution in [0, 0.1) is 51.2 Å². The van der Waals surface area contributed by atoms with E-state index >= 15 is 0 Å². The van der Waals surface area contributed by atoms with Gasteiger partial charge in [-0.3, -0.25) is 24.3 Å². The minimum absolute atomic E-state index is 0.000252. The molecule has 0 radical (unpaired) electrons. The number of aliphatic hydroxyl groups excluding tert-OH is 2. The number of alkyl halides is 7. The molecule has 12 heterocycles. The molecule has 18 rings (SSSR count). The van der Waals surface area contributed by atoms with Crippen LogP contribution in [0.5, 0.6) is 17.2 Å². The number of ether oxygens (including phenoxy) is 6. The van der Waals surface area contributed by atoms with Crippen molar-refractivity contribution in [1.29, 1.82) is 15.8 Å². The average molecular weight is 1830 g/mol. The van der Waals surface area contributed by atoms with Crippen molar-refractivity contribution in [2.24, 2.45) is 17.3 Å². The lowest BCUT2D eigenvalue weighted by molar-refractivity contribution is -0.211. The number of nitriles is 3. The Kier molecular flexibility index (Phi) is 29.6. The van der Waals surface area contributed by atoms with Crippen molar-refractivity contribution >= 4 is 63.4 Å². The summed E-state index contributed by atoms with van der Waals surface area (Å²) in [5, 5.41) is 60.6. The molecule has 6 aromatic carbocycles. The predicted molar refractivity (Wildman–Crippen MR) is 481 cm³/mol. The van der Waals surface area contributed by atoms with Crippen LogP contribution >= 0.6 is 0 Å². The molecule has 6 atom stereocenters. The number of hydrogen-bond donors (Lipinski definition) is 6. The Morgan fingerprint density at radius 3 is 1.05 bits per heavy atom. The summed E-state index contributed by atoms with van der Waals surface area (Å²) < 4.78 is 132. The van der Waals surface area contributed by atoms with E-state index in [2.05, 4.69) is 135 Å². The summed E-state index contributed by atoms with van der Waals surface area (Å²) in [4.78, 5) is 67.2. The number of piperidine rings is 3. The van der Waals surface area contributed by atoms with Crippen LogP contribution in [-0.2, 0) is 23.8 Å². The van der Waals surface area contributed by atoms with Gasteiger partial charge in [0, 0.05) is 205 Å². The molecule has 0 unspecified atom stereocenters. The molecular formula is C95H104F7N21O10. The standard InChI is InChI=1S/2C32H34F3N7O4.C31H36FN7O2/c2*33-32(34,35)26-17-42(30(44)18-43)10-8-28(26)46-27-6-1-21(15-22(27)16-36)31-37-9-7-29(39-31)38-23-2-4-24(5-3-23)40-11-13-41(14-12-40)25-19-45-20-25;1-31(2)20-34-17-26(32)29(31)41-27-8-3-21(15-22(27)16-33)30-35-10-9-28(37-30)36-23-4-6-24(7-5-23)38-11-13-39(14-12-38)25-18-40-19-25/h2*1-7,9,15,25-26,28,43H,8,10-14,17-20H2,(H,37,38,39);3-10,15,25-26,29,34H,11-14,17-20H2,1-2H3,(H,35,36,37)/t26-,28+;26-,28-;26-,29-/m101/s1. The van der Waals surface area contributed by atoms with Crippen LogP contribution in [0.4, 0.5) is 82.3 Å². The molecule has 9 aliphatic heterocycles. The second kappa shape index (κ2) is 42.0. The minimum Gasteiger partial charge on any atom is -0.488 e. The molecule has 0 bridgehead atoms. The van der Waals surface area contributed by atoms with E-state index in [1.54, 1.807) is 55.0 Å². The Morgan fingerprint density at radius 1 is 0.459 bits per heavy atom. The lowest BCUT2D eigenvalue weighted by Gasteiger charge is -2.43. The highest BCUT2D eigenvalue weighted by atomic mass is 19.4. The number of benzene rings is 6. The van der Waals surface area contributed by atoms with Crippen molar-refractivity contribution in [3.05, 3.63) is 181 Å². The number of nitrogens with one attached hydrogen (secondary N) is 4. The fourth-order valence-electron chi connectivity index (χ4n) is 17.7. The van der Waals surface area contributed by atoms with Crippen LogP contribution in [0.2, 0.25) is 0 Å². The van der Waals surface area contributed by atoms with Gasteiger partial charge in [-0.1, -0.05) is 13.8 Å². The van der Waals surface area contributed by atoms with Gasteiger partial charge < -0.3 is 84.4 Å². The summed E-state index contributed by atoms with van der Waals surface area (Å²) >= 11 is 0. The maximum atomic E-state index is 14.7. The number of hydrogen-bond acceptors (Lipinski definition) is 29. The number of carbonyl (C=O) groups excluding carboxylic acids is 2. The third kappa shape index (κ3) is 23.0. The molecule has 31 nitrogen and oxygen atoms in total. The molecule has 133 heavy (non-hydrogen) atoms. The summed E-state index contributed by atoms with van der Waals surface area (Å²) in [6.45, 7) is 18.9. The summed E-state index contributed by atoms with van der Waals surface area (Å²) in [7, 11) is 0. The number of carbonyl (C=O) groups is 2. The second-order valence-electron chi connectivity index (χ2n) is 34.8. The lowest BCUT2D eigenvalue weighted by atomic mass is 9.81. The molecule has 0 spiro atoms. The van der Waals surface area contributed by atoms with E-state index < -0.39 is 92.2 Å². The number of likely N-dealkylation sites (tertiary alicyclic amines) is 2. The van der Waals surface area contributed by atoms with Gasteiger partial charge in [-0.05, 0) is 146 Å². The van der Waals surface area contributed by atoms with Crippen molar-refractivity contribution in [1.82, 2.24) is 59.7 Å². The van der Waals surface area contributed by atoms with Crippen LogP contribution in [0.3, 0.4) is 0 Å². The minimum atomic E-state index is -4.64. The van der Waals surface area contributed by atoms with Crippen molar-refractivity contribution in [2.45, 2.75) is 81.7 Å². The molecule has 38 heteroatoms. The monoisotopic (exact) mass is 1830 g/mol. The first-order valence-corrected chi connectivity index (χ1v) is 44.5. The summed E-state index contributed by atoms with van der Waals surface area (Å²) in [6, 6.07) is 52.0. The highest BCUT2D eigenvalue weighted by Crippen LogP contribution is 2.42. The van der Waals surface area contributed by atoms with Gasteiger partial charge in [-0.25, -0.2) is 34.3 Å². The molecule has 9 saturated heterocycles. The van der Waals surface area contributed by atoms with Crippen LogP contribution in [0.15, 0.2) is 164 Å². The molecule has 6 N–H and O–H groups in total. The fourth-order valence-corrected chi connectivity index (χ4v) is 17.7. The third-order valence-electron chi connectivity index (χ3n) is 25.7. The van der Waals surface area contributed by atoms with Gasteiger partial charge in [-0.15, -0.1) is 0 Å². The van der Waals surface area contributed by atoms with Gasteiger partial charge in [0.25, 0.3) is 0 Å². The Bertz CT molecular complexity index is 5390. The quantitative estimate of drug-likeness (QED) is 0.0324. The molecule has 9 fully saturated rings. The zero-order chi connectivity index (χ0) is 92.9. The zero-order valence-electron chi connectivity index (χ0n) is 73.5. The number of rotatable bonds is 23. The summed E-state index contributed by atoms with van der Waals surface area (Å²) in [5.41, 5.74) is 7.76.